The van der Waals surface area contributed by atoms with Gasteiger partial charge in [-0.05, 0) is 24.1 Å². The van der Waals surface area contributed by atoms with Crippen LogP contribution in [0.4, 0.5) is 0 Å². The first-order valence-corrected chi connectivity index (χ1v) is 10.8. The molecule has 2 aliphatic heterocycles. The maximum Gasteiger partial charge on any atom is 0.262 e. The summed E-state index contributed by atoms with van der Waals surface area (Å²) in [5.74, 6) is -3.26. The van der Waals surface area contributed by atoms with E-state index in [0.717, 1.165) is 10.3 Å². The maximum absolute atomic E-state index is 12.7. The fourth-order valence-electron chi connectivity index (χ4n) is 3.24. The Morgan fingerprint density at radius 3 is 2.57 bits per heavy atom. The first-order chi connectivity index (χ1) is 14.1. The number of sulfone groups is 1. The lowest BCUT2D eigenvalue weighted by molar-refractivity contribution is -0.136. The van der Waals surface area contributed by atoms with Gasteiger partial charge >= 0.3 is 0 Å². The van der Waals surface area contributed by atoms with Crippen molar-refractivity contribution in [2.45, 2.75) is 31.8 Å². The second-order valence-electron chi connectivity index (χ2n) is 6.89. The minimum Gasteiger partial charge on any atom is -0.352 e. The SMILES string of the molecule is C=CS(=O)(=O)CCC(=O)NCc1ccc2c(c1)C(=O)N(C1CCC(=O)NC1=O)C2=O. The number of benzene rings is 1. The zero-order valence-electron chi connectivity index (χ0n) is 15.8. The Bertz CT molecular complexity index is 1080. The Hall–Kier alpha value is -3.34. The fraction of sp³-hybridized carbons (Fsp3) is 0.316. The second-order valence-corrected chi connectivity index (χ2v) is 8.95. The van der Waals surface area contributed by atoms with Gasteiger partial charge < -0.3 is 5.32 Å². The average Bonchev–Trinajstić information content (AvgIpc) is 2.95. The van der Waals surface area contributed by atoms with Crippen molar-refractivity contribution in [3.8, 4) is 0 Å². The third-order valence-corrected chi connectivity index (χ3v) is 6.14. The summed E-state index contributed by atoms with van der Waals surface area (Å²) in [4.78, 5) is 61.4. The van der Waals surface area contributed by atoms with Crippen LogP contribution in [0.1, 0.15) is 45.5 Å². The quantitative estimate of drug-likeness (QED) is 0.559. The third kappa shape index (κ3) is 4.30. The molecule has 0 spiro atoms. The van der Waals surface area contributed by atoms with Crippen molar-refractivity contribution in [3.05, 3.63) is 46.9 Å². The number of nitrogens with zero attached hydrogens (tertiary/aromatic N) is 1. The predicted molar refractivity (Wildman–Crippen MR) is 104 cm³/mol. The first-order valence-electron chi connectivity index (χ1n) is 9.09. The van der Waals surface area contributed by atoms with Crippen LogP contribution in [0.2, 0.25) is 0 Å². The summed E-state index contributed by atoms with van der Waals surface area (Å²) in [6, 6.07) is 3.39. The number of carbonyl (C=O) groups excluding carboxylic acids is 5. The number of hydrogen-bond donors (Lipinski definition) is 2. The monoisotopic (exact) mass is 433 g/mol. The van der Waals surface area contributed by atoms with Gasteiger partial charge in [0.15, 0.2) is 9.84 Å². The number of nitrogens with one attached hydrogen (secondary N) is 2. The lowest BCUT2D eigenvalue weighted by Gasteiger charge is -2.27. The predicted octanol–water partition coefficient (Wildman–Crippen LogP) is -0.348. The number of amides is 5. The molecule has 1 saturated heterocycles. The molecule has 30 heavy (non-hydrogen) atoms. The highest BCUT2D eigenvalue weighted by Crippen LogP contribution is 2.28. The van der Waals surface area contributed by atoms with Crippen molar-refractivity contribution >= 4 is 39.4 Å². The molecule has 1 atom stereocenters. The van der Waals surface area contributed by atoms with Crippen LogP contribution in [0.3, 0.4) is 0 Å². The van der Waals surface area contributed by atoms with E-state index in [1.807, 2.05) is 0 Å². The molecular formula is C19H19N3O7S. The summed E-state index contributed by atoms with van der Waals surface area (Å²) in [5, 5.41) is 5.46. The first kappa shape index (κ1) is 21.4. The van der Waals surface area contributed by atoms with Crippen molar-refractivity contribution in [3.63, 3.8) is 0 Å². The summed E-state index contributed by atoms with van der Waals surface area (Å²) in [5.41, 5.74) is 0.766. The van der Waals surface area contributed by atoms with Gasteiger partial charge in [-0.2, -0.15) is 0 Å². The van der Waals surface area contributed by atoms with Crippen LogP contribution < -0.4 is 10.6 Å². The molecular weight excluding hydrogens is 414 g/mol. The largest absolute Gasteiger partial charge is 0.352 e. The molecule has 5 amide bonds. The molecule has 11 heteroatoms. The molecule has 3 rings (SSSR count). The third-order valence-electron chi connectivity index (χ3n) is 4.86. The van der Waals surface area contributed by atoms with Crippen LogP contribution in [-0.2, 0) is 30.8 Å². The Labute approximate surface area is 172 Å². The topological polar surface area (TPSA) is 147 Å². The summed E-state index contributed by atoms with van der Waals surface area (Å²) >= 11 is 0. The molecule has 158 valence electrons. The van der Waals surface area contributed by atoms with E-state index in [1.165, 1.54) is 12.1 Å². The van der Waals surface area contributed by atoms with Crippen LogP contribution in [0, 0.1) is 0 Å². The van der Waals surface area contributed by atoms with E-state index in [1.54, 1.807) is 6.07 Å². The average molecular weight is 433 g/mol. The molecule has 2 N–H and O–H groups in total. The highest BCUT2D eigenvalue weighted by molar-refractivity contribution is 7.94. The Morgan fingerprint density at radius 2 is 1.90 bits per heavy atom. The van der Waals surface area contributed by atoms with Crippen molar-refractivity contribution in [2.24, 2.45) is 0 Å². The van der Waals surface area contributed by atoms with Crippen molar-refractivity contribution in [1.29, 1.82) is 0 Å². The van der Waals surface area contributed by atoms with Gasteiger partial charge in [0, 0.05) is 24.8 Å². The van der Waals surface area contributed by atoms with Gasteiger partial charge in [-0.15, -0.1) is 0 Å². The van der Waals surface area contributed by atoms with Gasteiger partial charge in [0.2, 0.25) is 17.7 Å². The van der Waals surface area contributed by atoms with Gasteiger partial charge in [-0.25, -0.2) is 8.42 Å². The summed E-state index contributed by atoms with van der Waals surface area (Å²) in [6.07, 6.45) is -0.144. The maximum atomic E-state index is 12.7. The smallest absolute Gasteiger partial charge is 0.262 e. The normalized spacial score (nSPS) is 18.8. The van der Waals surface area contributed by atoms with Crippen LogP contribution >= 0.6 is 0 Å². The standard InChI is InChI=1S/C19H19N3O7S/c1-2-30(28,29)8-7-15(23)20-10-11-3-4-12-13(9-11)19(27)22(18(12)26)14-5-6-16(24)21-17(14)25/h2-4,9,14H,1,5-8,10H2,(H,20,23)(H,21,24,25). The van der Waals surface area contributed by atoms with E-state index in [2.05, 4.69) is 17.2 Å². The van der Waals surface area contributed by atoms with E-state index in [-0.39, 0.29) is 42.7 Å². The number of fused-ring (bicyclic) bond motifs is 1. The van der Waals surface area contributed by atoms with Crippen molar-refractivity contribution in [2.75, 3.05) is 5.75 Å². The lowest BCUT2D eigenvalue weighted by atomic mass is 10.0. The van der Waals surface area contributed by atoms with E-state index in [4.69, 9.17) is 0 Å². The van der Waals surface area contributed by atoms with E-state index < -0.39 is 45.4 Å². The number of rotatable bonds is 7. The van der Waals surface area contributed by atoms with E-state index >= 15 is 0 Å². The summed E-state index contributed by atoms with van der Waals surface area (Å²) in [6.45, 7) is 3.20. The van der Waals surface area contributed by atoms with Crippen LogP contribution in [0.25, 0.3) is 0 Å². The molecule has 1 unspecified atom stereocenters. The van der Waals surface area contributed by atoms with Crippen LogP contribution in [0.15, 0.2) is 30.2 Å². The minimum atomic E-state index is -3.48. The summed E-state index contributed by atoms with van der Waals surface area (Å²) < 4.78 is 22.7. The Morgan fingerprint density at radius 1 is 1.20 bits per heavy atom. The van der Waals surface area contributed by atoms with Crippen molar-refractivity contribution in [1.82, 2.24) is 15.5 Å². The molecule has 2 aliphatic rings. The molecule has 0 aliphatic carbocycles. The molecule has 10 nitrogen and oxygen atoms in total. The zero-order chi connectivity index (χ0) is 22.1. The van der Waals surface area contributed by atoms with Gasteiger partial charge in [0.25, 0.3) is 11.8 Å². The number of imide groups is 2. The van der Waals surface area contributed by atoms with E-state index in [9.17, 15) is 32.4 Å². The summed E-state index contributed by atoms with van der Waals surface area (Å²) in [7, 11) is -3.48. The number of hydrogen-bond acceptors (Lipinski definition) is 7. The second kappa shape index (κ2) is 8.19. The van der Waals surface area contributed by atoms with Crippen LogP contribution in [-0.4, -0.2) is 54.6 Å². The Balaban J connectivity index is 1.68. The molecule has 0 bridgehead atoms. The highest BCUT2D eigenvalue weighted by atomic mass is 32.2. The van der Waals surface area contributed by atoms with Gasteiger partial charge in [0.05, 0.1) is 16.9 Å². The minimum absolute atomic E-state index is 0.0279. The molecule has 0 radical (unpaired) electrons. The number of piperidine rings is 1. The Kier molecular flexibility index (Phi) is 5.83. The zero-order valence-corrected chi connectivity index (χ0v) is 16.7. The van der Waals surface area contributed by atoms with Gasteiger partial charge in [0.1, 0.15) is 6.04 Å². The molecule has 2 heterocycles. The molecule has 0 aromatic heterocycles. The fourth-order valence-corrected chi connectivity index (χ4v) is 3.87. The van der Waals surface area contributed by atoms with Crippen LogP contribution in [0.5, 0.6) is 0 Å². The highest BCUT2D eigenvalue weighted by Gasteiger charge is 2.44. The molecule has 1 aromatic rings. The number of carbonyl (C=O) groups is 5. The molecule has 1 aromatic carbocycles. The van der Waals surface area contributed by atoms with Gasteiger partial charge in [-0.3, -0.25) is 34.2 Å². The lowest BCUT2D eigenvalue weighted by Crippen LogP contribution is -2.54. The molecule has 0 saturated carbocycles. The van der Waals surface area contributed by atoms with Gasteiger partial charge in [-0.1, -0.05) is 12.6 Å². The van der Waals surface area contributed by atoms with Crippen molar-refractivity contribution < 1.29 is 32.4 Å². The van der Waals surface area contributed by atoms with E-state index in [0.29, 0.717) is 5.56 Å². The molecule has 1 fully saturated rings.